The van der Waals surface area contributed by atoms with E-state index in [-0.39, 0.29) is 17.7 Å². The molecule has 2 heterocycles. The molecule has 2 aromatic carbocycles. The zero-order valence-corrected chi connectivity index (χ0v) is 14.5. The van der Waals surface area contributed by atoms with Gasteiger partial charge in [0.15, 0.2) is 0 Å². The Morgan fingerprint density at radius 3 is 1.44 bits per heavy atom. The minimum Gasteiger partial charge on any atom is -0.278 e. The lowest BCUT2D eigenvalue weighted by molar-refractivity contribution is -0.120. The second-order valence-electron chi connectivity index (χ2n) is 6.35. The largest absolute Gasteiger partial charge is 0.278 e. The van der Waals surface area contributed by atoms with Gasteiger partial charge in [-0.25, -0.2) is 4.90 Å². The number of rotatable bonds is 4. The van der Waals surface area contributed by atoms with Crippen LogP contribution in [0, 0.1) is 0 Å². The summed E-state index contributed by atoms with van der Waals surface area (Å²) < 4.78 is 0. The van der Waals surface area contributed by atoms with Gasteiger partial charge < -0.3 is 0 Å². The molecule has 3 amide bonds. The van der Waals surface area contributed by atoms with Crippen LogP contribution in [0.3, 0.4) is 0 Å². The molecule has 0 unspecified atom stereocenters. The van der Waals surface area contributed by atoms with E-state index in [2.05, 4.69) is 6.58 Å². The van der Waals surface area contributed by atoms with E-state index in [0.717, 1.165) is 21.7 Å². The summed E-state index contributed by atoms with van der Waals surface area (Å²) in [6, 6.07) is 15.1. The molecule has 27 heavy (non-hydrogen) atoms. The number of allylic oxidation sites excluding steroid dienone is 1. The van der Waals surface area contributed by atoms with Gasteiger partial charge in [0.2, 0.25) is 0 Å². The first-order chi connectivity index (χ1) is 13.0. The number of carbonyl (C=O) groups excluding carboxylic acids is 3. The Balaban J connectivity index is 1.47. The molecule has 4 rings (SSSR count). The summed E-state index contributed by atoms with van der Waals surface area (Å²) in [5.74, 6) is -0.740. The first-order valence-corrected chi connectivity index (χ1v) is 8.48. The molecular weight excluding hydrogens is 340 g/mol. The van der Waals surface area contributed by atoms with Crippen molar-refractivity contribution in [2.45, 2.75) is 6.42 Å². The Morgan fingerprint density at radius 1 is 0.593 bits per heavy atom. The molecule has 0 aliphatic carbocycles. The molecule has 132 valence electrons. The van der Waals surface area contributed by atoms with E-state index in [0.29, 0.717) is 17.8 Å². The zero-order chi connectivity index (χ0) is 19.0. The number of hydrogen-bond acceptors (Lipinski definition) is 3. The van der Waals surface area contributed by atoms with Gasteiger partial charge in [0.05, 0.1) is 5.69 Å². The number of imide groups is 1. The molecule has 0 radical (unpaired) electrons. The number of hydrogen-bond donors (Lipinski definition) is 0. The van der Waals surface area contributed by atoms with Crippen molar-refractivity contribution in [3.63, 3.8) is 0 Å². The normalized spacial score (nSPS) is 16.1. The Kier molecular flexibility index (Phi) is 4.05. The molecule has 2 aliphatic heterocycles. The maximum absolute atomic E-state index is 11.9. The number of nitrogens with zero attached hydrogens (tertiary/aromatic N) is 2. The SMILES string of the molecule is C=C1C=CC(=O)N1c1ccc(Cc2ccc(N3C(=O)C=CC3=O)cc2)cc1. The minimum absolute atomic E-state index is 0.0937. The van der Waals surface area contributed by atoms with Crippen LogP contribution in [-0.2, 0) is 20.8 Å². The van der Waals surface area contributed by atoms with Crippen molar-refractivity contribution in [1.29, 1.82) is 0 Å². The van der Waals surface area contributed by atoms with Gasteiger partial charge in [-0.3, -0.25) is 19.3 Å². The van der Waals surface area contributed by atoms with Crippen molar-refractivity contribution >= 4 is 29.1 Å². The van der Waals surface area contributed by atoms with Crippen LogP contribution in [-0.4, -0.2) is 17.7 Å². The third kappa shape index (κ3) is 3.11. The van der Waals surface area contributed by atoms with E-state index in [1.165, 1.54) is 18.2 Å². The van der Waals surface area contributed by atoms with Crippen molar-refractivity contribution in [2.24, 2.45) is 0 Å². The van der Waals surface area contributed by atoms with Crippen LogP contribution < -0.4 is 9.80 Å². The van der Waals surface area contributed by atoms with Crippen LogP contribution in [0.4, 0.5) is 11.4 Å². The first-order valence-electron chi connectivity index (χ1n) is 8.48. The van der Waals surface area contributed by atoms with E-state index in [1.807, 2.05) is 36.4 Å². The highest BCUT2D eigenvalue weighted by atomic mass is 16.2. The Labute approximate surface area is 156 Å². The Hall–Kier alpha value is -3.73. The second kappa shape index (κ2) is 6.53. The van der Waals surface area contributed by atoms with Crippen LogP contribution in [0.15, 0.2) is 85.1 Å². The molecule has 2 aliphatic rings. The smallest absolute Gasteiger partial charge is 0.258 e. The summed E-state index contributed by atoms with van der Waals surface area (Å²) >= 11 is 0. The standard InChI is InChI=1S/C22H16N2O3/c1-15-2-11-20(25)23(15)18-7-3-16(4-8-18)14-17-5-9-19(10-6-17)24-21(26)12-13-22(24)27/h2-13H,1,14H2. The summed E-state index contributed by atoms with van der Waals surface area (Å²) in [7, 11) is 0. The van der Waals surface area contributed by atoms with Gasteiger partial charge in [-0.1, -0.05) is 30.8 Å². The third-order valence-electron chi connectivity index (χ3n) is 4.53. The molecule has 0 N–H and O–H groups in total. The highest BCUT2D eigenvalue weighted by molar-refractivity contribution is 6.28. The lowest BCUT2D eigenvalue weighted by Crippen LogP contribution is -2.29. The predicted molar refractivity (Wildman–Crippen MR) is 103 cm³/mol. The van der Waals surface area contributed by atoms with Crippen LogP contribution in [0.2, 0.25) is 0 Å². The minimum atomic E-state index is -0.323. The lowest BCUT2D eigenvalue weighted by atomic mass is 10.0. The summed E-state index contributed by atoms with van der Waals surface area (Å²) in [6.45, 7) is 3.87. The predicted octanol–water partition coefficient (Wildman–Crippen LogP) is 3.12. The van der Waals surface area contributed by atoms with E-state index in [1.54, 1.807) is 23.1 Å². The monoisotopic (exact) mass is 356 g/mol. The average molecular weight is 356 g/mol. The van der Waals surface area contributed by atoms with E-state index >= 15 is 0 Å². The maximum atomic E-state index is 11.9. The van der Waals surface area contributed by atoms with Crippen molar-refractivity contribution in [2.75, 3.05) is 9.80 Å². The molecule has 0 saturated carbocycles. The number of benzene rings is 2. The molecule has 0 fully saturated rings. The fourth-order valence-corrected chi connectivity index (χ4v) is 3.17. The van der Waals surface area contributed by atoms with Gasteiger partial charge in [-0.15, -0.1) is 0 Å². The molecule has 0 spiro atoms. The van der Waals surface area contributed by atoms with Crippen LogP contribution in [0.5, 0.6) is 0 Å². The fraction of sp³-hybridized carbons (Fsp3) is 0.0455. The molecule has 0 bridgehead atoms. The third-order valence-corrected chi connectivity index (χ3v) is 4.53. The first kappa shape index (κ1) is 16.7. The molecule has 0 atom stereocenters. The number of amides is 3. The van der Waals surface area contributed by atoms with Crippen LogP contribution in [0.1, 0.15) is 11.1 Å². The molecule has 0 aromatic heterocycles. The van der Waals surface area contributed by atoms with Crippen molar-refractivity contribution < 1.29 is 14.4 Å². The summed E-state index contributed by atoms with van der Waals surface area (Å²) in [5, 5.41) is 0. The summed E-state index contributed by atoms with van der Waals surface area (Å²) in [6.07, 6.45) is 6.44. The van der Waals surface area contributed by atoms with Gasteiger partial charge in [-0.05, 0) is 47.9 Å². The van der Waals surface area contributed by atoms with Gasteiger partial charge in [0.1, 0.15) is 0 Å². The molecule has 2 aromatic rings. The van der Waals surface area contributed by atoms with Gasteiger partial charge in [0.25, 0.3) is 17.7 Å². The Bertz CT molecular complexity index is 895. The fourth-order valence-electron chi connectivity index (χ4n) is 3.17. The van der Waals surface area contributed by atoms with E-state index in [9.17, 15) is 14.4 Å². The van der Waals surface area contributed by atoms with Crippen LogP contribution in [0.25, 0.3) is 0 Å². The van der Waals surface area contributed by atoms with Crippen molar-refractivity contribution in [3.8, 4) is 0 Å². The molecule has 0 saturated heterocycles. The van der Waals surface area contributed by atoms with E-state index < -0.39 is 0 Å². The maximum Gasteiger partial charge on any atom is 0.258 e. The lowest BCUT2D eigenvalue weighted by Gasteiger charge is -2.17. The van der Waals surface area contributed by atoms with E-state index in [4.69, 9.17) is 0 Å². The Morgan fingerprint density at radius 2 is 1.00 bits per heavy atom. The van der Waals surface area contributed by atoms with Crippen LogP contribution >= 0.6 is 0 Å². The highest BCUT2D eigenvalue weighted by Gasteiger charge is 2.24. The zero-order valence-electron chi connectivity index (χ0n) is 14.5. The summed E-state index contributed by atoms with van der Waals surface area (Å²) in [5.41, 5.74) is 4.15. The topological polar surface area (TPSA) is 57.7 Å². The van der Waals surface area contributed by atoms with Gasteiger partial charge >= 0.3 is 0 Å². The van der Waals surface area contributed by atoms with Gasteiger partial charge in [-0.2, -0.15) is 0 Å². The van der Waals surface area contributed by atoms with Crippen molar-refractivity contribution in [1.82, 2.24) is 0 Å². The summed E-state index contributed by atoms with van der Waals surface area (Å²) in [4.78, 5) is 38.0. The average Bonchev–Trinajstić information content (AvgIpc) is 3.18. The quantitative estimate of drug-likeness (QED) is 0.791. The molecule has 5 heteroatoms. The van der Waals surface area contributed by atoms with Gasteiger partial charge in [0, 0.05) is 29.6 Å². The molecule has 5 nitrogen and oxygen atoms in total. The highest BCUT2D eigenvalue weighted by Crippen LogP contribution is 2.25. The van der Waals surface area contributed by atoms with Crippen molar-refractivity contribution in [3.05, 3.63) is 96.2 Å². The molecular formula is C22H16N2O3. The number of carbonyl (C=O) groups is 3. The second-order valence-corrected chi connectivity index (χ2v) is 6.35. The number of anilines is 2.